The number of rotatable bonds is 24. The van der Waals surface area contributed by atoms with Crippen LogP contribution in [-0.4, -0.2) is 90.2 Å². The normalized spacial score (nSPS) is 11.1. The molecule has 0 aliphatic rings. The zero-order valence-electron chi connectivity index (χ0n) is 16.4. The summed E-state index contributed by atoms with van der Waals surface area (Å²) in [6, 6.07) is 0. The molecule has 0 unspecified atom stereocenters. The molecule has 0 aromatic heterocycles. The van der Waals surface area contributed by atoms with Gasteiger partial charge in [0, 0.05) is 42.0 Å². The third kappa shape index (κ3) is 28.5. The van der Waals surface area contributed by atoms with Crippen LogP contribution in [0.5, 0.6) is 0 Å². The van der Waals surface area contributed by atoms with Crippen molar-refractivity contribution < 1.29 is 24.4 Å². The quantitative estimate of drug-likeness (QED) is 0.0525. The molecule has 0 rings (SSSR count). The molecule has 0 aliphatic carbocycles. The van der Waals surface area contributed by atoms with E-state index in [0.717, 1.165) is 42.0 Å². The van der Waals surface area contributed by atoms with Gasteiger partial charge in [0.2, 0.25) is 0 Å². The summed E-state index contributed by atoms with van der Waals surface area (Å²) >= 11 is 15.8. The smallest absolute Gasteiger partial charge is 0.316 e. The molecule has 0 fully saturated rings. The van der Waals surface area contributed by atoms with E-state index in [-0.39, 0.29) is 11.9 Å². The van der Waals surface area contributed by atoms with Crippen LogP contribution in [-0.2, 0) is 19.3 Å². The number of aliphatic hydroxyl groups excluding tert-OH is 1. The second kappa shape index (κ2) is 28.5. The number of carbonyl (C=O) groups is 1. The lowest BCUT2D eigenvalue weighted by Crippen LogP contribution is -2.07. The number of hydrogen-bond acceptors (Lipinski definition) is 14. The summed E-state index contributed by atoms with van der Waals surface area (Å²) in [6.45, 7) is 1.08. The van der Waals surface area contributed by atoms with Gasteiger partial charge in [0.25, 0.3) is 0 Å². The van der Waals surface area contributed by atoms with Gasteiger partial charge in [-0.1, -0.05) is 0 Å². The predicted molar refractivity (Wildman–Crippen MR) is 148 cm³/mol. The van der Waals surface area contributed by atoms with Crippen LogP contribution in [0.3, 0.4) is 0 Å². The van der Waals surface area contributed by atoms with Crippen LogP contribution in [0, 0.1) is 0 Å². The first-order chi connectivity index (χ1) is 14.3. The van der Waals surface area contributed by atoms with E-state index in [2.05, 4.69) is 6.26 Å². The maximum atomic E-state index is 11.6. The van der Waals surface area contributed by atoms with E-state index in [9.17, 15) is 4.79 Å². The molecule has 174 valence electrons. The SMILES string of the molecule is CSCSCSCSCOC(=O)CSCSCSCSCCOOCCSCO. The van der Waals surface area contributed by atoms with Crippen LogP contribution in [0.2, 0.25) is 0 Å². The standard InChI is InChI=1S/C15H30O5S9/c1-21-9-26-13-29-12-25-8-18-15(17)6-24-11-28-14-27-10-23-5-3-20-19-2-4-22-7-16/h16H,2-14H2,1H3. The third-order valence-corrected chi connectivity index (χ3v) is 12.4. The van der Waals surface area contributed by atoms with Crippen LogP contribution in [0.4, 0.5) is 0 Å². The fourth-order valence-electron chi connectivity index (χ4n) is 1.25. The Morgan fingerprint density at radius 1 is 0.724 bits per heavy atom. The van der Waals surface area contributed by atoms with E-state index < -0.39 is 0 Å². The zero-order chi connectivity index (χ0) is 21.3. The van der Waals surface area contributed by atoms with Gasteiger partial charge in [0.15, 0.2) is 0 Å². The minimum atomic E-state index is -0.120. The molecule has 0 aromatic carbocycles. The Kier molecular flexibility index (Phi) is 31.0. The van der Waals surface area contributed by atoms with Gasteiger partial charge >= 0.3 is 5.97 Å². The number of thioether (sulfide) groups is 9. The van der Waals surface area contributed by atoms with Crippen molar-refractivity contribution in [2.45, 2.75) is 0 Å². The highest BCUT2D eigenvalue weighted by Gasteiger charge is 2.03. The topological polar surface area (TPSA) is 65.0 Å². The first kappa shape index (κ1) is 31.5. The van der Waals surface area contributed by atoms with Crippen molar-refractivity contribution >= 4 is 112 Å². The van der Waals surface area contributed by atoms with Crippen molar-refractivity contribution in [3.05, 3.63) is 0 Å². The lowest BCUT2D eigenvalue weighted by Gasteiger charge is -2.05. The lowest BCUT2D eigenvalue weighted by molar-refractivity contribution is -0.285. The molecule has 29 heavy (non-hydrogen) atoms. The minimum absolute atomic E-state index is 0.119. The van der Waals surface area contributed by atoms with Gasteiger partial charge in [-0.2, -0.15) is 11.8 Å². The molecule has 0 spiro atoms. The maximum Gasteiger partial charge on any atom is 0.316 e. The van der Waals surface area contributed by atoms with E-state index in [0.29, 0.717) is 24.9 Å². The summed E-state index contributed by atoms with van der Waals surface area (Å²) in [5.41, 5.74) is 0. The number of ether oxygens (including phenoxy) is 1. The van der Waals surface area contributed by atoms with Crippen LogP contribution < -0.4 is 0 Å². The van der Waals surface area contributed by atoms with Crippen molar-refractivity contribution in [1.82, 2.24) is 0 Å². The van der Waals surface area contributed by atoms with Gasteiger partial charge in [-0.3, -0.25) is 4.79 Å². The van der Waals surface area contributed by atoms with E-state index in [1.807, 2.05) is 70.6 Å². The average Bonchev–Trinajstić information content (AvgIpc) is 2.72. The molecule has 0 atom stereocenters. The fraction of sp³-hybridized carbons (Fsp3) is 0.933. The highest BCUT2D eigenvalue weighted by molar-refractivity contribution is 8.26. The Balaban J connectivity index is 3.12. The first-order valence-corrected chi connectivity index (χ1v) is 19.1. The Hall–Kier alpha value is 2.50. The number of esters is 1. The highest BCUT2D eigenvalue weighted by Crippen LogP contribution is 2.22. The summed E-state index contributed by atoms with van der Waals surface area (Å²) in [6.07, 6.45) is 2.11. The molecule has 0 heterocycles. The third-order valence-electron chi connectivity index (χ3n) is 2.35. The van der Waals surface area contributed by atoms with Gasteiger partial charge in [0.05, 0.1) is 24.9 Å². The number of carbonyl (C=O) groups excluding carboxylic acids is 1. The van der Waals surface area contributed by atoms with Crippen molar-refractivity contribution in [2.24, 2.45) is 0 Å². The van der Waals surface area contributed by atoms with Crippen molar-refractivity contribution in [1.29, 1.82) is 0 Å². The van der Waals surface area contributed by atoms with Gasteiger partial charge in [-0.15, -0.1) is 94.1 Å². The number of aliphatic hydroxyl groups is 1. The Morgan fingerprint density at radius 2 is 1.28 bits per heavy atom. The summed E-state index contributed by atoms with van der Waals surface area (Å²) < 4.78 is 5.22. The van der Waals surface area contributed by atoms with Gasteiger partial charge in [-0.25, -0.2) is 9.78 Å². The van der Waals surface area contributed by atoms with E-state index in [4.69, 9.17) is 19.6 Å². The fourth-order valence-corrected chi connectivity index (χ4v) is 9.85. The summed E-state index contributed by atoms with van der Waals surface area (Å²) in [5, 5.41) is 14.7. The van der Waals surface area contributed by atoms with Crippen LogP contribution in [0.15, 0.2) is 0 Å². The van der Waals surface area contributed by atoms with Gasteiger partial charge in [0.1, 0.15) is 5.94 Å². The highest BCUT2D eigenvalue weighted by atomic mass is 32.3. The van der Waals surface area contributed by atoms with Crippen molar-refractivity contribution in [3.8, 4) is 0 Å². The summed E-state index contributed by atoms with van der Waals surface area (Å²) in [4.78, 5) is 21.7. The Morgan fingerprint density at radius 3 is 1.93 bits per heavy atom. The van der Waals surface area contributed by atoms with E-state index >= 15 is 0 Å². The summed E-state index contributed by atoms with van der Waals surface area (Å²) in [5.74, 6) is 2.52. The average molecular weight is 579 g/mol. The number of hydrogen-bond donors (Lipinski definition) is 1. The van der Waals surface area contributed by atoms with Crippen LogP contribution in [0.1, 0.15) is 0 Å². The van der Waals surface area contributed by atoms with Crippen molar-refractivity contribution in [2.75, 3.05) is 79.1 Å². The molecular weight excluding hydrogens is 549 g/mol. The summed E-state index contributed by atoms with van der Waals surface area (Å²) in [7, 11) is 0. The van der Waals surface area contributed by atoms with Crippen molar-refractivity contribution in [3.63, 3.8) is 0 Å². The second-order valence-corrected chi connectivity index (χ2v) is 15.7. The van der Waals surface area contributed by atoms with Gasteiger partial charge in [-0.05, 0) is 6.26 Å². The largest absolute Gasteiger partial charge is 0.454 e. The molecule has 0 saturated carbocycles. The predicted octanol–water partition coefficient (Wildman–Crippen LogP) is 5.36. The monoisotopic (exact) mass is 578 g/mol. The first-order valence-electron chi connectivity index (χ1n) is 8.43. The maximum absolute atomic E-state index is 11.6. The zero-order valence-corrected chi connectivity index (χ0v) is 23.8. The van der Waals surface area contributed by atoms with Gasteiger partial charge < -0.3 is 9.84 Å². The molecule has 1 N–H and O–H groups in total. The second-order valence-electron chi connectivity index (χ2n) is 4.59. The minimum Gasteiger partial charge on any atom is -0.454 e. The molecular formula is C15H30O5S9. The van der Waals surface area contributed by atoms with E-state index in [1.54, 1.807) is 23.5 Å². The lowest BCUT2D eigenvalue weighted by atomic mass is 10.8. The molecule has 5 nitrogen and oxygen atoms in total. The van der Waals surface area contributed by atoms with Crippen LogP contribution in [0.25, 0.3) is 0 Å². The molecule has 0 aromatic rings. The molecule has 0 amide bonds. The molecule has 0 aliphatic heterocycles. The van der Waals surface area contributed by atoms with E-state index in [1.165, 1.54) is 11.8 Å². The Labute approximate surface area is 213 Å². The molecule has 14 heteroatoms. The molecule has 0 saturated heterocycles. The van der Waals surface area contributed by atoms with Crippen LogP contribution >= 0.6 is 106 Å². The molecule has 0 radical (unpaired) electrons. The Bertz CT molecular complexity index is 345. The molecule has 0 bridgehead atoms.